The minimum atomic E-state index is -0.847. The number of amides is 3. The van der Waals surface area contributed by atoms with Crippen molar-refractivity contribution in [2.75, 3.05) is 42.5 Å². The molecule has 5 rings (SSSR count). The molecule has 3 atom stereocenters. The molecular weight excluding hydrogens is 577 g/mol. The first kappa shape index (κ1) is 30.9. The van der Waals surface area contributed by atoms with E-state index in [0.717, 1.165) is 23.5 Å². The van der Waals surface area contributed by atoms with E-state index in [2.05, 4.69) is 17.3 Å². The summed E-state index contributed by atoms with van der Waals surface area (Å²) in [5.41, 5.74) is 0.612. The van der Waals surface area contributed by atoms with Crippen molar-refractivity contribution in [2.45, 2.75) is 45.6 Å². The number of halogens is 3. The third-order valence-electron chi connectivity index (χ3n) is 7.83. The van der Waals surface area contributed by atoms with Gasteiger partial charge >= 0.3 is 6.09 Å². The number of carbonyl (C=O) groups is 3. The normalized spacial score (nSPS) is 21.1. The predicted molar refractivity (Wildman–Crippen MR) is 158 cm³/mol. The van der Waals surface area contributed by atoms with Gasteiger partial charge in [0.2, 0.25) is 5.91 Å². The van der Waals surface area contributed by atoms with Crippen molar-refractivity contribution in [3.63, 3.8) is 0 Å². The van der Waals surface area contributed by atoms with E-state index in [1.165, 1.54) is 22.0 Å². The maximum absolute atomic E-state index is 15.3. The van der Waals surface area contributed by atoms with Crippen LogP contribution in [0, 0.1) is 17.6 Å². The maximum atomic E-state index is 15.3. The summed E-state index contributed by atoms with van der Waals surface area (Å²) in [6, 6.07) is 1.38. The summed E-state index contributed by atoms with van der Waals surface area (Å²) >= 11 is 0. The van der Waals surface area contributed by atoms with Gasteiger partial charge in [-0.1, -0.05) is 31.2 Å². The van der Waals surface area contributed by atoms with Crippen molar-refractivity contribution >= 4 is 29.3 Å². The highest BCUT2D eigenvalue weighted by Gasteiger charge is 2.35. The van der Waals surface area contributed by atoms with Gasteiger partial charge in [-0.05, 0) is 25.3 Å². The van der Waals surface area contributed by atoms with Gasteiger partial charge in [-0.2, -0.15) is 5.10 Å². The molecule has 3 aliphatic rings. The third-order valence-corrected chi connectivity index (χ3v) is 7.83. The van der Waals surface area contributed by atoms with Crippen LogP contribution in [0.25, 0.3) is 0 Å². The molecule has 3 heterocycles. The van der Waals surface area contributed by atoms with Crippen molar-refractivity contribution in [1.82, 2.24) is 20.0 Å². The van der Waals surface area contributed by atoms with Gasteiger partial charge in [0, 0.05) is 55.6 Å². The minimum Gasteiger partial charge on any atom is -0.442 e. The van der Waals surface area contributed by atoms with Crippen molar-refractivity contribution < 1.29 is 32.3 Å². The Balaban J connectivity index is 1.16. The minimum absolute atomic E-state index is 0.0128. The van der Waals surface area contributed by atoms with Crippen molar-refractivity contribution in [3.8, 4) is 0 Å². The van der Waals surface area contributed by atoms with Crippen LogP contribution in [-0.2, 0) is 27.5 Å². The van der Waals surface area contributed by atoms with Crippen molar-refractivity contribution in [3.05, 3.63) is 77.7 Å². The van der Waals surface area contributed by atoms with Gasteiger partial charge in [-0.25, -0.2) is 18.0 Å². The highest BCUT2D eigenvalue weighted by Crippen LogP contribution is 2.32. The zero-order valence-electron chi connectivity index (χ0n) is 24.6. The number of hydrogen-bond acceptors (Lipinski definition) is 6. The summed E-state index contributed by atoms with van der Waals surface area (Å²) in [7, 11) is 0. The van der Waals surface area contributed by atoms with Gasteiger partial charge < -0.3 is 19.9 Å². The van der Waals surface area contributed by atoms with E-state index in [4.69, 9.17) is 4.74 Å². The number of anilines is 2. The highest BCUT2D eigenvalue weighted by atomic mass is 19.1. The monoisotopic (exact) mass is 612 g/mol. The number of nitrogens with one attached hydrogen (secondary N) is 1. The molecule has 2 aliphatic heterocycles. The van der Waals surface area contributed by atoms with E-state index in [1.54, 1.807) is 24.0 Å². The third kappa shape index (κ3) is 6.98. The lowest BCUT2D eigenvalue weighted by atomic mass is 10.0. The topological polar surface area (TPSA) is 100 Å². The number of nitrogens with zero attached hydrogens (tertiary/aromatic N) is 5. The first-order chi connectivity index (χ1) is 21.1. The second kappa shape index (κ2) is 13.4. The van der Waals surface area contributed by atoms with Crippen LogP contribution in [0.1, 0.15) is 25.8 Å². The lowest BCUT2D eigenvalue weighted by molar-refractivity contribution is -0.135. The zero-order chi connectivity index (χ0) is 31.4. The Morgan fingerprint density at radius 3 is 2.57 bits per heavy atom. The Bertz CT molecular complexity index is 1470. The van der Waals surface area contributed by atoms with Gasteiger partial charge in [-0.15, -0.1) is 0 Å². The van der Waals surface area contributed by atoms with E-state index in [1.807, 2.05) is 18.2 Å². The maximum Gasteiger partial charge on any atom is 0.414 e. The van der Waals surface area contributed by atoms with Gasteiger partial charge in [-0.3, -0.25) is 19.2 Å². The molecule has 44 heavy (non-hydrogen) atoms. The molecule has 0 saturated carbocycles. The molecule has 0 radical (unpaired) electrons. The predicted octanol–water partition coefficient (Wildman–Crippen LogP) is 3.89. The lowest BCUT2D eigenvalue weighted by Gasteiger charge is -2.37. The number of rotatable bonds is 8. The van der Waals surface area contributed by atoms with E-state index < -0.39 is 36.5 Å². The van der Waals surface area contributed by atoms with Gasteiger partial charge in [0.25, 0.3) is 5.91 Å². The van der Waals surface area contributed by atoms with E-state index >= 15 is 8.78 Å². The summed E-state index contributed by atoms with van der Waals surface area (Å²) in [5.74, 6) is -1.96. The average molecular weight is 613 g/mol. The van der Waals surface area contributed by atoms with Crippen LogP contribution in [0.3, 0.4) is 0 Å². The second-order valence-corrected chi connectivity index (χ2v) is 11.2. The van der Waals surface area contributed by atoms with E-state index in [0.29, 0.717) is 17.1 Å². The number of cyclic esters (lactones) is 1. The van der Waals surface area contributed by atoms with Crippen LogP contribution in [0.2, 0.25) is 0 Å². The molecule has 1 aromatic carbocycles. The van der Waals surface area contributed by atoms with Crippen LogP contribution in [-0.4, -0.2) is 77.5 Å². The number of aromatic nitrogens is 2. The number of allylic oxidation sites excluding steroid dienone is 4. The van der Waals surface area contributed by atoms with Gasteiger partial charge in [0.15, 0.2) is 11.6 Å². The summed E-state index contributed by atoms with van der Waals surface area (Å²) < 4.78 is 50.2. The first-order valence-corrected chi connectivity index (χ1v) is 14.6. The van der Waals surface area contributed by atoms with Crippen LogP contribution >= 0.6 is 0 Å². The molecule has 1 N–H and O–H groups in total. The Kier molecular flexibility index (Phi) is 9.40. The Morgan fingerprint density at radius 1 is 1.16 bits per heavy atom. The summed E-state index contributed by atoms with van der Waals surface area (Å²) in [5, 5.41) is 6.77. The fraction of sp³-hybridized carbons (Fsp3) is 0.419. The van der Waals surface area contributed by atoms with E-state index in [9.17, 15) is 18.8 Å². The Hall–Kier alpha value is -4.55. The largest absolute Gasteiger partial charge is 0.442 e. The first-order valence-electron chi connectivity index (χ1n) is 14.6. The van der Waals surface area contributed by atoms with Crippen LogP contribution in [0.5, 0.6) is 0 Å². The van der Waals surface area contributed by atoms with Crippen LogP contribution in [0.4, 0.5) is 29.3 Å². The lowest BCUT2D eigenvalue weighted by Crippen LogP contribution is -2.54. The molecule has 2 saturated heterocycles. The SMILES string of the molecule is CC1C=CC=C(C(=O)NC(C)C(=O)N2CCN(c3c(F)cc(N4CC(Cn5cc(CF)cn5)OC4=O)cc3F)CC2)C=CC1. The molecule has 13 heteroatoms. The number of alkyl halides is 1. The number of ether oxygens (including phenoxy) is 1. The molecule has 0 spiro atoms. The molecule has 3 amide bonds. The Labute approximate surface area is 253 Å². The molecule has 2 aromatic rings. The molecule has 0 bridgehead atoms. The fourth-order valence-corrected chi connectivity index (χ4v) is 5.43. The second-order valence-electron chi connectivity index (χ2n) is 11.2. The molecule has 1 aromatic heterocycles. The molecule has 2 fully saturated rings. The fourth-order valence-electron chi connectivity index (χ4n) is 5.43. The van der Waals surface area contributed by atoms with Gasteiger partial charge in [0.1, 0.15) is 24.5 Å². The molecular formula is C31H35F3N6O4. The number of hydrogen-bond donors (Lipinski definition) is 1. The summed E-state index contributed by atoms with van der Waals surface area (Å²) in [6.07, 6.45) is 11.5. The van der Waals surface area contributed by atoms with Crippen LogP contribution < -0.4 is 15.1 Å². The van der Waals surface area contributed by atoms with Crippen molar-refractivity contribution in [1.29, 1.82) is 0 Å². The summed E-state index contributed by atoms with van der Waals surface area (Å²) in [6.45, 7) is 4.00. The molecule has 234 valence electrons. The van der Waals surface area contributed by atoms with Crippen molar-refractivity contribution in [2.24, 2.45) is 5.92 Å². The average Bonchev–Trinajstić information content (AvgIpc) is 3.60. The highest BCUT2D eigenvalue weighted by molar-refractivity contribution is 5.99. The number of carbonyl (C=O) groups excluding carboxylic acids is 3. The standard InChI is InChI=1S/C31H35F3N6O4/c1-20-5-3-7-23(8-4-6-20)29(41)36-21(2)30(42)38-11-9-37(10-12-38)28-26(33)13-24(14-27(28)34)40-19-25(44-31(40)43)18-39-17-22(15-32)16-35-39/h3-5,7-8,13-14,16-17,20-21,25H,6,9-12,15,18-19H2,1-2H3,(H,36,41). The number of benzene rings is 1. The van der Waals surface area contributed by atoms with Gasteiger partial charge in [0.05, 0.1) is 25.0 Å². The van der Waals surface area contributed by atoms with E-state index in [-0.39, 0.29) is 62.5 Å². The van der Waals surface area contributed by atoms with Crippen LogP contribution in [0.15, 0.2) is 60.5 Å². The molecule has 1 aliphatic carbocycles. The smallest absolute Gasteiger partial charge is 0.414 e. The quantitative estimate of drug-likeness (QED) is 0.486. The molecule has 10 nitrogen and oxygen atoms in total. The zero-order valence-corrected chi connectivity index (χ0v) is 24.6. The Morgan fingerprint density at radius 2 is 1.89 bits per heavy atom. The molecule has 3 unspecified atom stereocenters. The summed E-state index contributed by atoms with van der Waals surface area (Å²) in [4.78, 5) is 42.5. The number of piperazine rings is 1.